The number of ether oxygens (including phenoxy) is 1. The Bertz CT molecular complexity index is 783. The molecule has 2 aliphatic rings. The molecule has 24 heavy (non-hydrogen) atoms. The minimum absolute atomic E-state index is 0.00981. The molecular weight excluding hydrogens is 386 g/mol. The van der Waals surface area contributed by atoms with Crippen molar-refractivity contribution in [2.45, 2.75) is 24.3 Å². The van der Waals surface area contributed by atoms with Gasteiger partial charge < -0.3 is 9.64 Å². The summed E-state index contributed by atoms with van der Waals surface area (Å²) >= 11 is 5.45. The second kappa shape index (κ2) is 6.41. The van der Waals surface area contributed by atoms with E-state index < -0.39 is 0 Å². The van der Waals surface area contributed by atoms with Crippen molar-refractivity contribution in [3.05, 3.63) is 58.3 Å². The van der Waals surface area contributed by atoms with Crippen LogP contribution in [0, 0.1) is 0 Å². The molecule has 3 atom stereocenters. The summed E-state index contributed by atoms with van der Waals surface area (Å²) in [6.45, 7) is 3.24. The zero-order valence-corrected chi connectivity index (χ0v) is 15.9. The Morgan fingerprint density at radius 3 is 2.92 bits per heavy atom. The second-order valence-corrected chi connectivity index (χ2v) is 8.34. The van der Waals surface area contributed by atoms with E-state index in [2.05, 4.69) is 44.9 Å². The summed E-state index contributed by atoms with van der Waals surface area (Å²) in [5, 5.41) is 1.67. The zero-order chi connectivity index (χ0) is 16.7. The predicted octanol–water partition coefficient (Wildman–Crippen LogP) is 4.44. The Hall–Kier alpha value is -1.53. The van der Waals surface area contributed by atoms with Crippen molar-refractivity contribution >= 4 is 32.9 Å². The molecule has 1 aromatic carbocycles. The third kappa shape index (κ3) is 2.71. The molecule has 4 nitrogen and oxygen atoms in total. The second-order valence-electron chi connectivity index (χ2n) is 6.02. The first kappa shape index (κ1) is 16.0. The van der Waals surface area contributed by atoms with Crippen LogP contribution in [0.5, 0.6) is 5.75 Å². The molecule has 1 saturated heterocycles. The van der Waals surface area contributed by atoms with Gasteiger partial charge in [-0.1, -0.05) is 40.7 Å². The number of hydrogen-bond donors (Lipinski definition) is 0. The predicted molar refractivity (Wildman–Crippen MR) is 102 cm³/mol. The van der Waals surface area contributed by atoms with Crippen molar-refractivity contribution in [1.29, 1.82) is 0 Å². The summed E-state index contributed by atoms with van der Waals surface area (Å²) in [6, 6.07) is 12.3. The number of halogens is 1. The van der Waals surface area contributed by atoms with Gasteiger partial charge in [-0.15, -0.1) is 0 Å². The highest BCUT2D eigenvalue weighted by Gasteiger charge is 2.44. The lowest BCUT2D eigenvalue weighted by atomic mass is 9.95. The fourth-order valence-electron chi connectivity index (χ4n) is 3.39. The van der Waals surface area contributed by atoms with Crippen molar-refractivity contribution in [1.82, 2.24) is 9.88 Å². The lowest BCUT2D eigenvalue weighted by Crippen LogP contribution is -2.28. The number of hydrogen-bond acceptors (Lipinski definition) is 5. The van der Waals surface area contributed by atoms with Gasteiger partial charge in [0.25, 0.3) is 0 Å². The number of nitrogens with zero attached hydrogens (tertiary/aromatic N) is 3. The average molecular weight is 404 g/mol. The molecule has 1 fully saturated rings. The summed E-state index contributed by atoms with van der Waals surface area (Å²) in [6.07, 6.45) is 1.84. The lowest BCUT2D eigenvalue weighted by Gasteiger charge is -2.28. The quantitative estimate of drug-likeness (QED) is 0.758. The molecule has 0 N–H and O–H groups in total. The molecule has 0 aliphatic carbocycles. The molecule has 0 bridgehead atoms. The van der Waals surface area contributed by atoms with Crippen LogP contribution in [0.1, 0.15) is 30.3 Å². The van der Waals surface area contributed by atoms with Gasteiger partial charge in [0, 0.05) is 28.0 Å². The van der Waals surface area contributed by atoms with Gasteiger partial charge in [-0.05, 0) is 30.3 Å². The van der Waals surface area contributed by atoms with E-state index >= 15 is 0 Å². The van der Waals surface area contributed by atoms with E-state index in [4.69, 9.17) is 9.73 Å². The minimum Gasteiger partial charge on any atom is -0.496 e. The molecular formula is C18H18BrN3OS. The van der Waals surface area contributed by atoms with Crippen molar-refractivity contribution in [2.75, 3.05) is 13.7 Å². The van der Waals surface area contributed by atoms with Crippen LogP contribution in [-0.4, -0.2) is 34.0 Å². The maximum atomic E-state index is 5.65. The summed E-state index contributed by atoms with van der Waals surface area (Å²) in [5.41, 5.74) is 2.15. The number of pyridine rings is 1. The number of rotatable bonds is 3. The van der Waals surface area contributed by atoms with Gasteiger partial charge in [-0.2, -0.15) is 0 Å². The third-order valence-electron chi connectivity index (χ3n) is 4.39. The van der Waals surface area contributed by atoms with Gasteiger partial charge >= 0.3 is 0 Å². The van der Waals surface area contributed by atoms with Crippen molar-refractivity contribution in [3.8, 4) is 5.75 Å². The van der Waals surface area contributed by atoms with Crippen LogP contribution >= 0.6 is 27.7 Å². The zero-order valence-electron chi connectivity index (χ0n) is 13.5. The minimum atomic E-state index is -0.00981. The molecule has 2 aliphatic heterocycles. The highest BCUT2D eigenvalue weighted by Crippen LogP contribution is 2.49. The van der Waals surface area contributed by atoms with Crippen molar-refractivity contribution < 1.29 is 4.74 Å². The van der Waals surface area contributed by atoms with Crippen LogP contribution in [0.3, 0.4) is 0 Å². The topological polar surface area (TPSA) is 37.7 Å². The lowest BCUT2D eigenvalue weighted by molar-refractivity contribution is 0.307. The van der Waals surface area contributed by atoms with Gasteiger partial charge in [0.1, 0.15) is 11.8 Å². The van der Waals surface area contributed by atoms with E-state index in [0.29, 0.717) is 5.25 Å². The van der Waals surface area contributed by atoms with E-state index in [-0.39, 0.29) is 12.1 Å². The maximum Gasteiger partial charge on any atom is 0.160 e. The van der Waals surface area contributed by atoms with E-state index in [1.54, 1.807) is 7.11 Å². The van der Waals surface area contributed by atoms with Gasteiger partial charge in [0.2, 0.25) is 0 Å². The van der Waals surface area contributed by atoms with E-state index in [0.717, 1.165) is 33.2 Å². The average Bonchev–Trinajstić information content (AvgIpc) is 3.11. The number of fused-ring (bicyclic) bond motifs is 1. The van der Waals surface area contributed by atoms with Gasteiger partial charge in [-0.25, -0.2) is 0 Å². The SMILES string of the molecule is COc1ccc(Br)cc1C1C(c2ccccn2)N=C2SC(C)CN21. The highest BCUT2D eigenvalue weighted by molar-refractivity contribution is 9.10. The first-order valence-electron chi connectivity index (χ1n) is 7.93. The maximum absolute atomic E-state index is 5.65. The van der Waals surface area contributed by atoms with Gasteiger partial charge in [0.05, 0.1) is 18.8 Å². The van der Waals surface area contributed by atoms with Crippen LogP contribution < -0.4 is 4.74 Å². The Morgan fingerprint density at radius 2 is 2.17 bits per heavy atom. The third-order valence-corrected chi connectivity index (χ3v) is 5.99. The Kier molecular flexibility index (Phi) is 4.26. The Morgan fingerprint density at radius 1 is 1.29 bits per heavy atom. The molecule has 1 aromatic heterocycles. The highest BCUT2D eigenvalue weighted by atomic mass is 79.9. The monoisotopic (exact) mass is 403 g/mol. The molecule has 4 rings (SSSR count). The fourth-order valence-corrected chi connectivity index (χ4v) is 4.86. The molecule has 0 spiro atoms. The number of aliphatic imine (C=N–C) groups is 1. The van der Waals surface area contributed by atoms with E-state index in [9.17, 15) is 0 Å². The number of methoxy groups -OCH3 is 1. The molecule has 124 valence electrons. The van der Waals surface area contributed by atoms with Gasteiger partial charge in [-0.3, -0.25) is 9.98 Å². The van der Waals surface area contributed by atoms with Crippen molar-refractivity contribution in [3.63, 3.8) is 0 Å². The first-order chi connectivity index (χ1) is 11.7. The number of benzene rings is 1. The summed E-state index contributed by atoms with van der Waals surface area (Å²) in [7, 11) is 1.72. The van der Waals surface area contributed by atoms with Crippen LogP contribution in [-0.2, 0) is 0 Å². The smallest absolute Gasteiger partial charge is 0.160 e. The Labute approximate surface area is 154 Å². The standard InChI is InChI=1S/C18H18BrN3OS/c1-11-10-22-17(13-9-12(19)6-7-15(13)23-2)16(21-18(22)24-11)14-5-3-4-8-20-14/h3-9,11,16-17H,10H2,1-2H3. The molecule has 3 unspecified atom stereocenters. The van der Waals surface area contributed by atoms with Crippen LogP contribution in [0.15, 0.2) is 52.1 Å². The van der Waals surface area contributed by atoms with Gasteiger partial charge in [0.15, 0.2) is 5.17 Å². The molecule has 3 heterocycles. The van der Waals surface area contributed by atoms with Crippen LogP contribution in [0.4, 0.5) is 0 Å². The fraction of sp³-hybridized carbons (Fsp3) is 0.333. The summed E-state index contributed by atoms with van der Waals surface area (Å²) in [4.78, 5) is 12.0. The normalized spacial score (nSPS) is 25.5. The molecule has 6 heteroatoms. The number of aromatic nitrogens is 1. The first-order valence-corrected chi connectivity index (χ1v) is 9.60. The number of thioether (sulfide) groups is 1. The van der Waals surface area contributed by atoms with Crippen molar-refractivity contribution in [2.24, 2.45) is 4.99 Å². The van der Waals surface area contributed by atoms with E-state index in [1.165, 1.54) is 0 Å². The Balaban J connectivity index is 1.83. The molecule has 0 amide bonds. The van der Waals surface area contributed by atoms with E-state index in [1.807, 2.05) is 42.2 Å². The molecule has 0 saturated carbocycles. The molecule has 2 aromatic rings. The summed E-state index contributed by atoms with van der Waals surface area (Å²) < 4.78 is 6.69. The largest absolute Gasteiger partial charge is 0.496 e. The molecule has 0 radical (unpaired) electrons. The summed E-state index contributed by atoms with van der Waals surface area (Å²) in [5.74, 6) is 0.894. The van der Waals surface area contributed by atoms with Crippen LogP contribution in [0.2, 0.25) is 0 Å². The van der Waals surface area contributed by atoms with Crippen LogP contribution in [0.25, 0.3) is 0 Å². The number of amidine groups is 1.